The highest BCUT2D eigenvalue weighted by Crippen LogP contribution is 2.15. The Labute approximate surface area is 99.9 Å². The quantitative estimate of drug-likeness (QED) is 0.583. The molecule has 1 aromatic carbocycles. The summed E-state index contributed by atoms with van der Waals surface area (Å²) in [6.07, 6.45) is 0. The van der Waals surface area contributed by atoms with Gasteiger partial charge in [0, 0.05) is 0 Å². The number of halogens is 1. The van der Waals surface area contributed by atoms with E-state index in [0.29, 0.717) is 12.2 Å². The molecule has 0 N–H and O–H groups in total. The van der Waals surface area contributed by atoms with Crippen molar-refractivity contribution in [2.24, 2.45) is 5.92 Å². The second kappa shape index (κ2) is 6.03. The highest BCUT2D eigenvalue weighted by atomic mass is 19.1. The van der Waals surface area contributed by atoms with Crippen LogP contribution in [0.5, 0.6) is 5.75 Å². The number of ether oxygens (including phenoxy) is 2. The summed E-state index contributed by atoms with van der Waals surface area (Å²) in [6, 6.07) is 5.11. The first-order valence-electron chi connectivity index (χ1n) is 5.28. The van der Waals surface area contributed by atoms with Crippen LogP contribution < -0.4 is 4.74 Å². The van der Waals surface area contributed by atoms with Crippen LogP contribution in [0.4, 0.5) is 4.39 Å². The van der Waals surface area contributed by atoms with E-state index in [2.05, 4.69) is 11.3 Å². The fourth-order valence-corrected chi connectivity index (χ4v) is 1.11. The molecule has 0 heterocycles. The Morgan fingerprint density at radius 1 is 1.35 bits per heavy atom. The molecule has 0 fully saturated rings. The van der Waals surface area contributed by atoms with Crippen molar-refractivity contribution >= 4 is 5.97 Å². The minimum atomic E-state index is -0.889. The van der Waals surface area contributed by atoms with Gasteiger partial charge in [-0.05, 0) is 36.8 Å². The van der Waals surface area contributed by atoms with E-state index in [-0.39, 0.29) is 11.7 Å². The fraction of sp³-hybridized carbons (Fsp3) is 0.308. The molecular formula is C13H15FO3. The molecule has 0 saturated carbocycles. The Balaban J connectivity index is 2.60. The average Bonchev–Trinajstić information content (AvgIpc) is 2.26. The van der Waals surface area contributed by atoms with Crippen LogP contribution in [-0.4, -0.2) is 12.6 Å². The van der Waals surface area contributed by atoms with Crippen molar-refractivity contribution in [1.82, 2.24) is 0 Å². The van der Waals surface area contributed by atoms with Crippen molar-refractivity contribution in [1.29, 1.82) is 0 Å². The van der Waals surface area contributed by atoms with Crippen molar-refractivity contribution < 1.29 is 18.7 Å². The van der Waals surface area contributed by atoms with Crippen LogP contribution in [-0.2, 0) is 4.74 Å². The maximum Gasteiger partial charge on any atom is 0.338 e. The summed E-state index contributed by atoms with van der Waals surface area (Å²) in [5.41, 5.74) is 0.405. The van der Waals surface area contributed by atoms with Gasteiger partial charge < -0.3 is 9.47 Å². The van der Waals surface area contributed by atoms with Crippen molar-refractivity contribution in [3.63, 3.8) is 0 Å². The summed E-state index contributed by atoms with van der Waals surface area (Å²) in [4.78, 5) is 11.5. The van der Waals surface area contributed by atoms with E-state index in [4.69, 9.17) is 4.74 Å². The van der Waals surface area contributed by atoms with Crippen molar-refractivity contribution in [2.45, 2.75) is 13.8 Å². The Bertz CT molecular complexity index is 396. The van der Waals surface area contributed by atoms with Crippen LogP contribution >= 0.6 is 0 Å². The van der Waals surface area contributed by atoms with Crippen LogP contribution in [0.15, 0.2) is 36.9 Å². The maximum atomic E-state index is 12.3. The number of benzene rings is 1. The molecule has 1 rings (SSSR count). The van der Waals surface area contributed by atoms with Gasteiger partial charge in [-0.25, -0.2) is 4.79 Å². The van der Waals surface area contributed by atoms with E-state index in [0.717, 1.165) is 0 Å². The third kappa shape index (κ3) is 4.68. The van der Waals surface area contributed by atoms with Gasteiger partial charge >= 0.3 is 5.97 Å². The molecule has 0 atom stereocenters. The summed E-state index contributed by atoms with van der Waals surface area (Å²) in [5.74, 6) is 0.179. The lowest BCUT2D eigenvalue weighted by atomic mass is 10.2. The van der Waals surface area contributed by atoms with Gasteiger partial charge in [-0.1, -0.05) is 13.8 Å². The van der Waals surface area contributed by atoms with Crippen molar-refractivity contribution in [3.8, 4) is 5.75 Å². The smallest absolute Gasteiger partial charge is 0.338 e. The standard InChI is InChI=1S/C13H15FO3/c1-9(2)8-16-13(15)11-4-6-12(7-5-11)17-10(3)14/h4-7,9H,3,8H2,1-2H3. The lowest BCUT2D eigenvalue weighted by Gasteiger charge is -2.07. The molecule has 0 saturated heterocycles. The monoisotopic (exact) mass is 238 g/mol. The van der Waals surface area contributed by atoms with E-state index >= 15 is 0 Å². The molecule has 3 nitrogen and oxygen atoms in total. The third-order valence-corrected chi connectivity index (χ3v) is 1.87. The molecule has 0 spiro atoms. The van der Waals surface area contributed by atoms with Crippen LogP contribution in [0.25, 0.3) is 0 Å². The molecule has 0 bridgehead atoms. The second-order valence-electron chi connectivity index (χ2n) is 3.97. The molecule has 0 aliphatic heterocycles. The number of carbonyl (C=O) groups excluding carboxylic acids is 1. The number of rotatable bonds is 5. The van der Waals surface area contributed by atoms with E-state index in [1.165, 1.54) is 24.3 Å². The predicted molar refractivity (Wildman–Crippen MR) is 62.4 cm³/mol. The second-order valence-corrected chi connectivity index (χ2v) is 3.97. The molecule has 17 heavy (non-hydrogen) atoms. The Morgan fingerprint density at radius 3 is 2.41 bits per heavy atom. The molecule has 0 aliphatic carbocycles. The van der Waals surface area contributed by atoms with Gasteiger partial charge in [0.1, 0.15) is 5.75 Å². The molecular weight excluding hydrogens is 223 g/mol. The number of hydrogen-bond donors (Lipinski definition) is 0. The summed E-state index contributed by atoms with van der Waals surface area (Å²) >= 11 is 0. The molecule has 92 valence electrons. The number of carbonyl (C=O) groups is 1. The normalized spacial score (nSPS) is 10.1. The molecule has 0 amide bonds. The SMILES string of the molecule is C=C(F)Oc1ccc(C(=O)OCC(C)C)cc1. The Hall–Kier alpha value is -1.84. The van der Waals surface area contributed by atoms with Gasteiger partial charge in [-0.15, -0.1) is 0 Å². The molecule has 0 aliphatic rings. The first-order chi connectivity index (χ1) is 7.99. The highest BCUT2D eigenvalue weighted by molar-refractivity contribution is 5.89. The van der Waals surface area contributed by atoms with E-state index < -0.39 is 12.0 Å². The van der Waals surface area contributed by atoms with E-state index in [1.54, 1.807) is 0 Å². The lowest BCUT2D eigenvalue weighted by Crippen LogP contribution is -2.09. The molecule has 0 radical (unpaired) electrons. The highest BCUT2D eigenvalue weighted by Gasteiger charge is 2.08. The van der Waals surface area contributed by atoms with Crippen LogP contribution in [0, 0.1) is 5.92 Å². The van der Waals surface area contributed by atoms with Gasteiger partial charge in [0.25, 0.3) is 6.01 Å². The predicted octanol–water partition coefficient (Wildman–Crippen LogP) is 3.32. The Kier molecular flexibility index (Phi) is 4.69. The van der Waals surface area contributed by atoms with Crippen LogP contribution in [0.1, 0.15) is 24.2 Å². The zero-order valence-corrected chi connectivity index (χ0v) is 9.90. The molecule has 1 aromatic rings. The molecule has 4 heteroatoms. The first kappa shape index (κ1) is 13.2. The van der Waals surface area contributed by atoms with E-state index in [9.17, 15) is 9.18 Å². The molecule has 0 aromatic heterocycles. The van der Waals surface area contributed by atoms with Gasteiger partial charge in [-0.2, -0.15) is 4.39 Å². The summed E-state index contributed by atoms with van der Waals surface area (Å²) < 4.78 is 22.0. The van der Waals surface area contributed by atoms with Crippen molar-refractivity contribution in [3.05, 3.63) is 42.4 Å². The van der Waals surface area contributed by atoms with Crippen LogP contribution in [0.3, 0.4) is 0 Å². The van der Waals surface area contributed by atoms with E-state index in [1.807, 2.05) is 13.8 Å². The summed E-state index contributed by atoms with van der Waals surface area (Å²) in [7, 11) is 0. The van der Waals surface area contributed by atoms with Gasteiger partial charge in [0.05, 0.1) is 12.2 Å². The zero-order chi connectivity index (χ0) is 12.8. The van der Waals surface area contributed by atoms with Gasteiger partial charge in [0.15, 0.2) is 0 Å². The minimum absolute atomic E-state index is 0.288. The fourth-order valence-electron chi connectivity index (χ4n) is 1.11. The average molecular weight is 238 g/mol. The number of esters is 1. The first-order valence-corrected chi connectivity index (χ1v) is 5.28. The van der Waals surface area contributed by atoms with Crippen LogP contribution in [0.2, 0.25) is 0 Å². The largest absolute Gasteiger partial charge is 0.462 e. The zero-order valence-electron chi connectivity index (χ0n) is 9.90. The topological polar surface area (TPSA) is 35.5 Å². The number of hydrogen-bond acceptors (Lipinski definition) is 3. The Morgan fingerprint density at radius 2 is 1.94 bits per heavy atom. The minimum Gasteiger partial charge on any atom is -0.462 e. The van der Waals surface area contributed by atoms with Gasteiger partial charge in [-0.3, -0.25) is 0 Å². The maximum absolute atomic E-state index is 12.3. The molecule has 0 unspecified atom stereocenters. The van der Waals surface area contributed by atoms with Crippen molar-refractivity contribution in [2.75, 3.05) is 6.61 Å². The lowest BCUT2D eigenvalue weighted by molar-refractivity contribution is 0.0459. The third-order valence-electron chi connectivity index (χ3n) is 1.87. The summed E-state index contributed by atoms with van der Waals surface area (Å²) in [5, 5.41) is 0. The van der Waals surface area contributed by atoms with Gasteiger partial charge in [0.2, 0.25) is 0 Å². The summed E-state index contributed by atoms with van der Waals surface area (Å²) in [6.45, 7) is 7.26.